The summed E-state index contributed by atoms with van der Waals surface area (Å²) in [6, 6.07) is 15.5. The topological polar surface area (TPSA) is 64.2 Å². The van der Waals surface area contributed by atoms with Crippen LogP contribution in [0, 0.1) is 0 Å². The third-order valence-corrected chi connectivity index (χ3v) is 4.49. The summed E-state index contributed by atoms with van der Waals surface area (Å²) >= 11 is 0. The van der Waals surface area contributed by atoms with Crippen LogP contribution in [-0.4, -0.2) is 27.2 Å². The van der Waals surface area contributed by atoms with Crippen LogP contribution in [0.5, 0.6) is 0 Å². The molecule has 0 atom stereocenters. The third kappa shape index (κ3) is 1.86. The monoisotopic (exact) mass is 318 g/mol. The molecule has 0 aliphatic carbocycles. The van der Waals surface area contributed by atoms with Crippen molar-refractivity contribution in [1.82, 2.24) is 14.7 Å². The smallest absolute Gasteiger partial charge is 0.235 e. The molecule has 2 aromatic carbocycles. The Balaban J connectivity index is 1.49. The van der Waals surface area contributed by atoms with Gasteiger partial charge in [-0.1, -0.05) is 29.4 Å². The number of amides is 1. The molecule has 0 N–H and O–H groups in total. The molecule has 0 saturated heterocycles. The lowest BCUT2D eigenvalue weighted by molar-refractivity contribution is -0.118. The zero-order valence-corrected chi connectivity index (χ0v) is 12.8. The second-order valence-corrected chi connectivity index (χ2v) is 5.90. The Labute approximate surface area is 137 Å². The van der Waals surface area contributed by atoms with Gasteiger partial charge in [0, 0.05) is 18.5 Å². The number of hydrogen-bond acceptors (Lipinski definition) is 4. The number of hydrogen-bond donors (Lipinski definition) is 0. The first kappa shape index (κ1) is 13.3. The van der Waals surface area contributed by atoms with Gasteiger partial charge in [0.2, 0.25) is 11.9 Å². The molecule has 1 aliphatic rings. The highest BCUT2D eigenvalue weighted by atomic mass is 16.5. The molecule has 0 bridgehead atoms. The molecule has 2 aromatic heterocycles. The fourth-order valence-electron chi connectivity index (χ4n) is 3.33. The van der Waals surface area contributed by atoms with Crippen molar-refractivity contribution >= 4 is 33.9 Å². The molecule has 4 aromatic rings. The lowest BCUT2D eigenvalue weighted by Crippen LogP contribution is -2.31. The Morgan fingerprint density at radius 1 is 1.08 bits per heavy atom. The Bertz CT molecular complexity index is 1080. The molecule has 0 saturated carbocycles. The van der Waals surface area contributed by atoms with Crippen LogP contribution in [0.1, 0.15) is 5.69 Å². The van der Waals surface area contributed by atoms with Crippen LogP contribution in [0.4, 0.5) is 5.95 Å². The van der Waals surface area contributed by atoms with E-state index < -0.39 is 0 Å². The number of imidazole rings is 1. The largest absolute Gasteiger partial charge is 0.356 e. The lowest BCUT2D eigenvalue weighted by atomic mass is 10.1. The molecule has 1 aliphatic heterocycles. The first-order valence-corrected chi connectivity index (χ1v) is 7.90. The molecule has 24 heavy (non-hydrogen) atoms. The highest BCUT2D eigenvalue weighted by Gasteiger charge is 2.29. The standard InChI is InChI=1S/C18H14N4O2/c23-17(11-14-12-5-1-4-8-16(12)24-20-14)22-10-9-21-15-7-3-2-6-13(15)19-18(21)22/h1-8H,9-11H2. The molecule has 6 heteroatoms. The second kappa shape index (κ2) is 4.92. The van der Waals surface area contributed by atoms with E-state index in [4.69, 9.17) is 4.52 Å². The first-order chi connectivity index (χ1) is 11.8. The summed E-state index contributed by atoms with van der Waals surface area (Å²) in [5.41, 5.74) is 3.35. The summed E-state index contributed by atoms with van der Waals surface area (Å²) in [7, 11) is 0. The van der Waals surface area contributed by atoms with Gasteiger partial charge in [0.25, 0.3) is 0 Å². The zero-order valence-electron chi connectivity index (χ0n) is 12.8. The van der Waals surface area contributed by atoms with Crippen LogP contribution in [0.2, 0.25) is 0 Å². The van der Waals surface area contributed by atoms with Gasteiger partial charge in [0.05, 0.1) is 17.5 Å². The van der Waals surface area contributed by atoms with Crippen LogP contribution in [0.3, 0.4) is 0 Å². The Kier molecular flexibility index (Phi) is 2.73. The zero-order chi connectivity index (χ0) is 16.1. The maximum absolute atomic E-state index is 12.8. The molecule has 5 rings (SSSR count). The predicted octanol–water partition coefficient (Wildman–Crippen LogP) is 2.77. The van der Waals surface area contributed by atoms with E-state index in [1.54, 1.807) is 4.90 Å². The predicted molar refractivity (Wildman–Crippen MR) is 89.8 cm³/mol. The first-order valence-electron chi connectivity index (χ1n) is 7.90. The number of aromatic nitrogens is 3. The SMILES string of the molecule is O=C(Cc1noc2ccccc12)N1CCn2c1nc1ccccc12. The van der Waals surface area contributed by atoms with Crippen molar-refractivity contribution in [2.75, 3.05) is 11.4 Å². The van der Waals surface area contributed by atoms with Crippen molar-refractivity contribution in [3.63, 3.8) is 0 Å². The number of carbonyl (C=O) groups is 1. The van der Waals surface area contributed by atoms with Crippen molar-refractivity contribution < 1.29 is 9.32 Å². The minimum atomic E-state index is -0.0110. The molecule has 1 amide bonds. The van der Waals surface area contributed by atoms with Gasteiger partial charge in [-0.25, -0.2) is 4.98 Å². The van der Waals surface area contributed by atoms with Crippen LogP contribution in [-0.2, 0) is 17.8 Å². The minimum absolute atomic E-state index is 0.0110. The summed E-state index contributed by atoms with van der Waals surface area (Å²) in [6.45, 7) is 1.41. The highest BCUT2D eigenvalue weighted by Crippen LogP contribution is 2.28. The fraction of sp³-hybridized carbons (Fsp3) is 0.167. The lowest BCUT2D eigenvalue weighted by Gasteiger charge is -2.12. The van der Waals surface area contributed by atoms with Gasteiger partial charge in [-0.15, -0.1) is 0 Å². The van der Waals surface area contributed by atoms with Crippen molar-refractivity contribution in [2.45, 2.75) is 13.0 Å². The Morgan fingerprint density at radius 2 is 1.92 bits per heavy atom. The summed E-state index contributed by atoms with van der Waals surface area (Å²) in [4.78, 5) is 19.1. The molecule has 0 fully saturated rings. The van der Waals surface area contributed by atoms with Gasteiger partial charge in [-0.2, -0.15) is 0 Å². The molecule has 0 spiro atoms. The minimum Gasteiger partial charge on any atom is -0.356 e. The van der Waals surface area contributed by atoms with E-state index in [1.807, 2.05) is 48.5 Å². The van der Waals surface area contributed by atoms with E-state index in [2.05, 4.69) is 14.7 Å². The average molecular weight is 318 g/mol. The van der Waals surface area contributed by atoms with Crippen LogP contribution in [0.15, 0.2) is 53.1 Å². The highest BCUT2D eigenvalue weighted by molar-refractivity contribution is 5.97. The maximum Gasteiger partial charge on any atom is 0.235 e. The maximum atomic E-state index is 12.8. The quantitative estimate of drug-likeness (QED) is 0.570. The summed E-state index contributed by atoms with van der Waals surface area (Å²) in [6.07, 6.45) is 0.209. The molecule has 0 unspecified atom stereocenters. The van der Waals surface area contributed by atoms with Gasteiger partial charge >= 0.3 is 0 Å². The molecule has 3 heterocycles. The summed E-state index contributed by atoms with van der Waals surface area (Å²) in [5.74, 6) is 0.706. The molecule has 6 nitrogen and oxygen atoms in total. The van der Waals surface area contributed by atoms with Crippen LogP contribution < -0.4 is 4.90 Å². The van der Waals surface area contributed by atoms with Gasteiger partial charge in [-0.05, 0) is 24.3 Å². The number of rotatable bonds is 2. The van der Waals surface area contributed by atoms with Gasteiger partial charge in [0.15, 0.2) is 5.58 Å². The van der Waals surface area contributed by atoms with Crippen molar-refractivity contribution in [3.8, 4) is 0 Å². The van der Waals surface area contributed by atoms with Crippen LogP contribution >= 0.6 is 0 Å². The molecule has 0 radical (unpaired) electrons. The normalized spacial score (nSPS) is 13.8. The van der Waals surface area contributed by atoms with Crippen molar-refractivity contribution in [3.05, 3.63) is 54.2 Å². The number of nitrogens with zero attached hydrogens (tertiary/aromatic N) is 4. The van der Waals surface area contributed by atoms with Gasteiger partial charge < -0.3 is 9.09 Å². The van der Waals surface area contributed by atoms with Gasteiger partial charge in [-0.3, -0.25) is 9.69 Å². The summed E-state index contributed by atoms with van der Waals surface area (Å²) < 4.78 is 7.38. The number of benzene rings is 2. The molecule has 118 valence electrons. The number of para-hydroxylation sites is 3. The third-order valence-electron chi connectivity index (χ3n) is 4.49. The van der Waals surface area contributed by atoms with E-state index in [1.165, 1.54) is 0 Å². The number of fused-ring (bicyclic) bond motifs is 4. The van der Waals surface area contributed by atoms with E-state index in [9.17, 15) is 4.79 Å². The second-order valence-electron chi connectivity index (χ2n) is 5.90. The van der Waals surface area contributed by atoms with E-state index in [0.717, 1.165) is 23.0 Å². The van der Waals surface area contributed by atoms with Crippen molar-refractivity contribution in [2.24, 2.45) is 0 Å². The van der Waals surface area contributed by atoms with E-state index in [-0.39, 0.29) is 12.3 Å². The van der Waals surface area contributed by atoms with Crippen LogP contribution in [0.25, 0.3) is 22.0 Å². The fourth-order valence-corrected chi connectivity index (χ4v) is 3.33. The summed E-state index contributed by atoms with van der Waals surface area (Å²) in [5, 5.41) is 4.94. The average Bonchev–Trinajstić information content (AvgIpc) is 3.28. The Hall–Kier alpha value is -3.15. The molecular weight excluding hydrogens is 304 g/mol. The van der Waals surface area contributed by atoms with Crippen molar-refractivity contribution in [1.29, 1.82) is 0 Å². The number of carbonyl (C=O) groups excluding carboxylic acids is 1. The molecular formula is C18H14N4O2. The van der Waals surface area contributed by atoms with E-state index >= 15 is 0 Å². The Morgan fingerprint density at radius 3 is 2.88 bits per heavy atom. The van der Waals surface area contributed by atoms with Gasteiger partial charge in [0.1, 0.15) is 5.69 Å². The van der Waals surface area contributed by atoms with E-state index in [0.29, 0.717) is 23.8 Å². The number of anilines is 1.